The van der Waals surface area contributed by atoms with Crippen LogP contribution in [-0.4, -0.2) is 27.0 Å². The van der Waals surface area contributed by atoms with Gasteiger partial charge in [0.2, 0.25) is 10.0 Å². The summed E-state index contributed by atoms with van der Waals surface area (Å²) >= 11 is 0. The van der Waals surface area contributed by atoms with E-state index in [-0.39, 0.29) is 23.5 Å². The average molecular weight is 338 g/mol. The minimum Gasteiger partial charge on any atom is -0.482 e. The molecule has 0 bridgehead atoms. The Morgan fingerprint density at radius 2 is 1.87 bits per heavy atom. The predicted octanol–water partition coefficient (Wildman–Crippen LogP) is 2.33. The zero-order chi connectivity index (χ0) is 16.4. The summed E-state index contributed by atoms with van der Waals surface area (Å²) in [6.07, 6.45) is 6.23. The second-order valence-corrected chi connectivity index (χ2v) is 7.94. The summed E-state index contributed by atoms with van der Waals surface area (Å²) in [6, 6.07) is 3.15. The molecule has 2 N–H and O–H groups in total. The van der Waals surface area contributed by atoms with Gasteiger partial charge in [-0.2, -0.15) is 0 Å². The summed E-state index contributed by atoms with van der Waals surface area (Å²) in [7, 11) is -3.60. The number of hydrogen-bond acceptors (Lipinski definition) is 4. The summed E-state index contributed by atoms with van der Waals surface area (Å²) in [5.74, 6) is 0.167. The molecule has 1 saturated carbocycles. The molecule has 1 amide bonds. The number of benzene rings is 1. The van der Waals surface area contributed by atoms with Gasteiger partial charge in [0, 0.05) is 12.1 Å². The van der Waals surface area contributed by atoms with E-state index in [1.54, 1.807) is 13.0 Å². The molecule has 0 radical (unpaired) electrons. The fourth-order valence-corrected chi connectivity index (χ4v) is 4.73. The first-order valence-electron chi connectivity index (χ1n) is 8.05. The molecule has 0 saturated heterocycles. The van der Waals surface area contributed by atoms with Crippen LogP contribution in [0.25, 0.3) is 0 Å². The predicted molar refractivity (Wildman–Crippen MR) is 87.1 cm³/mol. The summed E-state index contributed by atoms with van der Waals surface area (Å²) in [5, 5.41) is 2.69. The maximum Gasteiger partial charge on any atom is 0.262 e. The average Bonchev–Trinajstić information content (AvgIpc) is 2.74. The molecule has 1 aromatic rings. The molecule has 0 unspecified atom stereocenters. The molecule has 7 heteroatoms. The maximum atomic E-state index is 12.7. The van der Waals surface area contributed by atoms with Crippen LogP contribution in [0.3, 0.4) is 0 Å². The lowest BCUT2D eigenvalue weighted by Gasteiger charge is -2.21. The monoisotopic (exact) mass is 338 g/mol. The Balaban J connectivity index is 1.86. The lowest BCUT2D eigenvalue weighted by atomic mass is 10.1. The topological polar surface area (TPSA) is 84.5 Å². The Kier molecular flexibility index (Phi) is 4.59. The van der Waals surface area contributed by atoms with Crippen molar-refractivity contribution in [3.8, 4) is 5.75 Å². The van der Waals surface area contributed by atoms with E-state index in [0.717, 1.165) is 25.7 Å². The molecule has 1 aliphatic heterocycles. The van der Waals surface area contributed by atoms with Crippen LogP contribution < -0.4 is 14.8 Å². The number of amides is 1. The van der Waals surface area contributed by atoms with Crippen LogP contribution in [0.2, 0.25) is 0 Å². The lowest BCUT2D eigenvalue weighted by Crippen LogP contribution is -2.35. The maximum absolute atomic E-state index is 12.7. The number of nitrogens with one attached hydrogen (secondary N) is 2. The first-order chi connectivity index (χ1) is 11.0. The highest BCUT2D eigenvalue weighted by molar-refractivity contribution is 7.89. The number of anilines is 1. The van der Waals surface area contributed by atoms with Crippen molar-refractivity contribution in [3.63, 3.8) is 0 Å². The van der Waals surface area contributed by atoms with Gasteiger partial charge in [-0.05, 0) is 31.4 Å². The number of carbonyl (C=O) groups excluding carboxylic acids is 1. The minimum atomic E-state index is -3.60. The molecule has 2 aliphatic rings. The van der Waals surface area contributed by atoms with Crippen LogP contribution in [0.1, 0.15) is 44.1 Å². The molecule has 126 valence electrons. The van der Waals surface area contributed by atoms with Crippen LogP contribution in [0.4, 0.5) is 5.69 Å². The molecule has 0 aromatic heterocycles. The van der Waals surface area contributed by atoms with E-state index < -0.39 is 10.0 Å². The minimum absolute atomic E-state index is 0.00134. The largest absolute Gasteiger partial charge is 0.482 e. The SMILES string of the molecule is Cc1cc2c(cc1S(=O)(=O)NC1CCCCCC1)OCC(=O)N2. The molecule has 3 rings (SSSR count). The molecule has 1 aliphatic carbocycles. The number of fused-ring (bicyclic) bond motifs is 1. The molecule has 1 heterocycles. The second kappa shape index (κ2) is 6.49. The Labute approximate surface area is 136 Å². The Morgan fingerprint density at radius 3 is 2.57 bits per heavy atom. The zero-order valence-corrected chi connectivity index (χ0v) is 14.0. The third-order valence-electron chi connectivity index (χ3n) is 4.38. The molecule has 1 fully saturated rings. The van der Waals surface area contributed by atoms with Crippen molar-refractivity contribution in [1.82, 2.24) is 4.72 Å². The zero-order valence-electron chi connectivity index (χ0n) is 13.2. The third-order valence-corrected chi connectivity index (χ3v) is 6.04. The number of hydrogen-bond donors (Lipinski definition) is 2. The van der Waals surface area contributed by atoms with Gasteiger partial charge in [0.1, 0.15) is 5.75 Å². The molecular weight excluding hydrogens is 316 g/mol. The smallest absolute Gasteiger partial charge is 0.262 e. The van der Waals surface area contributed by atoms with E-state index in [1.807, 2.05) is 0 Å². The first kappa shape index (κ1) is 16.3. The van der Waals surface area contributed by atoms with Crippen LogP contribution in [-0.2, 0) is 14.8 Å². The third kappa shape index (κ3) is 3.67. The highest BCUT2D eigenvalue weighted by atomic mass is 32.2. The van der Waals surface area contributed by atoms with E-state index in [2.05, 4.69) is 10.0 Å². The molecule has 0 atom stereocenters. The van der Waals surface area contributed by atoms with Crippen molar-refractivity contribution in [2.24, 2.45) is 0 Å². The van der Waals surface area contributed by atoms with Gasteiger partial charge in [0.25, 0.3) is 5.91 Å². The molecule has 6 nitrogen and oxygen atoms in total. The van der Waals surface area contributed by atoms with Crippen molar-refractivity contribution in [2.75, 3.05) is 11.9 Å². The number of aryl methyl sites for hydroxylation is 1. The van der Waals surface area contributed by atoms with Gasteiger partial charge in [0.15, 0.2) is 6.61 Å². The highest BCUT2D eigenvalue weighted by Gasteiger charge is 2.26. The number of carbonyl (C=O) groups is 1. The van der Waals surface area contributed by atoms with Crippen LogP contribution >= 0.6 is 0 Å². The quantitative estimate of drug-likeness (QED) is 0.829. The molecule has 23 heavy (non-hydrogen) atoms. The standard InChI is InChI=1S/C16H22N2O4S/c1-11-8-13-14(22-10-16(19)17-13)9-15(11)23(20,21)18-12-6-4-2-3-5-7-12/h8-9,12,18H,2-7,10H2,1H3,(H,17,19). The fraction of sp³-hybridized carbons (Fsp3) is 0.562. The van der Waals surface area contributed by atoms with Gasteiger partial charge in [-0.3, -0.25) is 4.79 Å². The van der Waals surface area contributed by atoms with E-state index in [4.69, 9.17) is 4.74 Å². The van der Waals surface area contributed by atoms with Crippen molar-refractivity contribution in [1.29, 1.82) is 0 Å². The van der Waals surface area contributed by atoms with E-state index in [9.17, 15) is 13.2 Å². The number of sulfonamides is 1. The van der Waals surface area contributed by atoms with Gasteiger partial charge in [-0.1, -0.05) is 25.7 Å². The van der Waals surface area contributed by atoms with E-state index in [0.29, 0.717) is 17.0 Å². The van der Waals surface area contributed by atoms with Gasteiger partial charge in [-0.25, -0.2) is 13.1 Å². The molecule has 0 spiro atoms. The summed E-state index contributed by atoms with van der Waals surface area (Å²) in [6.45, 7) is 1.63. The van der Waals surface area contributed by atoms with E-state index in [1.165, 1.54) is 18.9 Å². The van der Waals surface area contributed by atoms with Crippen LogP contribution in [0.15, 0.2) is 17.0 Å². The Hall–Kier alpha value is -1.60. The fourth-order valence-electron chi connectivity index (χ4n) is 3.19. The normalized spacial score (nSPS) is 19.4. The van der Waals surface area contributed by atoms with E-state index >= 15 is 0 Å². The van der Waals surface area contributed by atoms with Crippen LogP contribution in [0, 0.1) is 6.92 Å². The first-order valence-corrected chi connectivity index (χ1v) is 9.54. The van der Waals surface area contributed by atoms with Gasteiger partial charge >= 0.3 is 0 Å². The number of rotatable bonds is 3. The van der Waals surface area contributed by atoms with Gasteiger partial charge in [-0.15, -0.1) is 0 Å². The van der Waals surface area contributed by atoms with Gasteiger partial charge < -0.3 is 10.1 Å². The van der Waals surface area contributed by atoms with Crippen LogP contribution in [0.5, 0.6) is 5.75 Å². The molecular formula is C16H22N2O4S. The summed E-state index contributed by atoms with van der Waals surface area (Å²) < 4.78 is 33.6. The Bertz CT molecular complexity index is 707. The van der Waals surface area contributed by atoms with Crippen molar-refractivity contribution < 1.29 is 17.9 Å². The van der Waals surface area contributed by atoms with Crippen molar-refractivity contribution in [2.45, 2.75) is 56.4 Å². The summed E-state index contributed by atoms with van der Waals surface area (Å²) in [5.41, 5.74) is 1.11. The Morgan fingerprint density at radius 1 is 1.17 bits per heavy atom. The molecule has 1 aromatic carbocycles. The second-order valence-electron chi connectivity index (χ2n) is 6.26. The highest BCUT2D eigenvalue weighted by Crippen LogP contribution is 2.33. The lowest BCUT2D eigenvalue weighted by molar-refractivity contribution is -0.118. The summed E-state index contributed by atoms with van der Waals surface area (Å²) in [4.78, 5) is 11.6. The van der Waals surface area contributed by atoms with Crippen molar-refractivity contribution >= 4 is 21.6 Å². The van der Waals surface area contributed by atoms with Crippen molar-refractivity contribution in [3.05, 3.63) is 17.7 Å². The number of ether oxygens (including phenoxy) is 1. The van der Waals surface area contributed by atoms with Gasteiger partial charge in [0.05, 0.1) is 10.6 Å².